The maximum atomic E-state index is 13.8. The summed E-state index contributed by atoms with van der Waals surface area (Å²) in [5, 5.41) is 0. The maximum absolute atomic E-state index is 13.8. The van der Waals surface area contributed by atoms with Crippen molar-refractivity contribution >= 4 is 5.91 Å². The normalized spacial score (nSPS) is 18.1. The third-order valence-electron chi connectivity index (χ3n) is 3.19. The summed E-state index contributed by atoms with van der Waals surface area (Å²) in [4.78, 5) is 13.9. The van der Waals surface area contributed by atoms with Gasteiger partial charge in [0.15, 0.2) is 0 Å². The summed E-state index contributed by atoms with van der Waals surface area (Å²) < 4.78 is 13.8. The number of hydrogen-bond donors (Lipinski definition) is 0. The fourth-order valence-electron chi connectivity index (χ4n) is 2.71. The van der Waals surface area contributed by atoms with Crippen LogP contribution < -0.4 is 0 Å². The lowest BCUT2D eigenvalue weighted by Crippen LogP contribution is -2.44. The van der Waals surface area contributed by atoms with Gasteiger partial charge in [0.2, 0.25) is 0 Å². The van der Waals surface area contributed by atoms with Gasteiger partial charge in [-0.1, -0.05) is 6.07 Å². The first-order valence-corrected chi connectivity index (χ1v) is 5.50. The van der Waals surface area contributed by atoms with Crippen LogP contribution in [-0.2, 0) is 5.54 Å². The molecule has 0 bridgehead atoms. The lowest BCUT2D eigenvalue weighted by Gasteiger charge is -2.35. The molecule has 0 spiro atoms. The number of halogens is 1. The Morgan fingerprint density at radius 1 is 1.31 bits per heavy atom. The van der Waals surface area contributed by atoms with Gasteiger partial charge >= 0.3 is 0 Å². The maximum Gasteiger partial charge on any atom is 0.255 e. The quantitative estimate of drug-likeness (QED) is 0.714. The highest BCUT2D eigenvalue weighted by molar-refractivity contribution is 6.00. The van der Waals surface area contributed by atoms with Gasteiger partial charge < -0.3 is 4.90 Å². The van der Waals surface area contributed by atoms with E-state index in [1.165, 1.54) is 6.07 Å². The van der Waals surface area contributed by atoms with Crippen molar-refractivity contribution in [3.8, 4) is 0 Å². The zero-order valence-corrected chi connectivity index (χ0v) is 10.0. The topological polar surface area (TPSA) is 20.3 Å². The van der Waals surface area contributed by atoms with Crippen LogP contribution in [0.5, 0.6) is 0 Å². The number of amides is 1. The van der Waals surface area contributed by atoms with Gasteiger partial charge in [-0.25, -0.2) is 4.39 Å². The molecule has 0 N–H and O–H groups in total. The molecule has 1 aliphatic heterocycles. The van der Waals surface area contributed by atoms with E-state index in [2.05, 4.69) is 0 Å². The van der Waals surface area contributed by atoms with Crippen molar-refractivity contribution in [3.05, 3.63) is 35.1 Å². The molecule has 86 valence electrons. The number of fused-ring (bicyclic) bond motifs is 1. The molecule has 0 aromatic heterocycles. The van der Waals surface area contributed by atoms with E-state index in [1.807, 2.05) is 27.7 Å². The molecule has 0 aliphatic carbocycles. The molecular weight excluding hydrogens is 205 g/mol. The first-order valence-electron chi connectivity index (χ1n) is 5.50. The van der Waals surface area contributed by atoms with Crippen molar-refractivity contribution in [3.63, 3.8) is 0 Å². The van der Waals surface area contributed by atoms with E-state index in [9.17, 15) is 9.18 Å². The fraction of sp³-hybridized carbons (Fsp3) is 0.462. The lowest BCUT2D eigenvalue weighted by molar-refractivity contribution is 0.0521. The number of benzene rings is 1. The van der Waals surface area contributed by atoms with Gasteiger partial charge in [-0.3, -0.25) is 4.79 Å². The van der Waals surface area contributed by atoms with Crippen molar-refractivity contribution < 1.29 is 9.18 Å². The summed E-state index contributed by atoms with van der Waals surface area (Å²) in [6, 6.07) is 4.77. The molecule has 2 rings (SSSR count). The van der Waals surface area contributed by atoms with E-state index in [4.69, 9.17) is 0 Å². The zero-order valence-electron chi connectivity index (χ0n) is 10.0. The third kappa shape index (κ3) is 1.27. The van der Waals surface area contributed by atoms with Crippen LogP contribution in [0.1, 0.15) is 43.6 Å². The Labute approximate surface area is 95.1 Å². The highest BCUT2D eigenvalue weighted by Crippen LogP contribution is 2.41. The van der Waals surface area contributed by atoms with E-state index in [0.29, 0.717) is 11.1 Å². The van der Waals surface area contributed by atoms with Crippen LogP contribution >= 0.6 is 0 Å². The molecule has 1 aromatic carbocycles. The summed E-state index contributed by atoms with van der Waals surface area (Å²) in [6.07, 6.45) is 0. The molecule has 1 aromatic rings. The lowest BCUT2D eigenvalue weighted by atomic mass is 9.92. The van der Waals surface area contributed by atoms with Gasteiger partial charge in [0.25, 0.3) is 5.91 Å². The fourth-order valence-corrected chi connectivity index (χ4v) is 2.71. The summed E-state index contributed by atoms with van der Waals surface area (Å²) in [5.74, 6) is -0.367. The minimum absolute atomic E-state index is 0.0642. The van der Waals surface area contributed by atoms with Crippen LogP contribution in [0.2, 0.25) is 0 Å². The molecule has 1 aliphatic rings. The predicted octanol–water partition coefficient (Wildman–Crippen LogP) is 2.93. The van der Waals surface area contributed by atoms with Crippen molar-refractivity contribution in [1.29, 1.82) is 0 Å². The second-order valence-corrected chi connectivity index (χ2v) is 4.99. The molecule has 3 heteroatoms. The summed E-state index contributed by atoms with van der Waals surface area (Å²) in [6.45, 7) is 7.67. The highest BCUT2D eigenvalue weighted by atomic mass is 19.1. The number of hydrogen-bond acceptors (Lipinski definition) is 1. The Morgan fingerprint density at radius 3 is 2.44 bits per heavy atom. The summed E-state index contributed by atoms with van der Waals surface area (Å²) in [5.41, 5.74) is 0.457. The Morgan fingerprint density at radius 2 is 1.94 bits per heavy atom. The SMILES string of the molecule is CC(C)N1C(=O)c2cccc(F)c2C1(C)C. The monoisotopic (exact) mass is 221 g/mol. The van der Waals surface area contributed by atoms with E-state index in [1.54, 1.807) is 17.0 Å². The summed E-state index contributed by atoms with van der Waals surface area (Å²) in [7, 11) is 0. The number of carbonyl (C=O) groups excluding carboxylic acids is 1. The minimum Gasteiger partial charge on any atom is -0.327 e. The van der Waals surface area contributed by atoms with Crippen molar-refractivity contribution in [1.82, 2.24) is 4.90 Å². The first-order chi connectivity index (χ1) is 7.37. The highest BCUT2D eigenvalue weighted by Gasteiger charge is 2.45. The smallest absolute Gasteiger partial charge is 0.255 e. The summed E-state index contributed by atoms with van der Waals surface area (Å²) >= 11 is 0. The molecule has 2 nitrogen and oxygen atoms in total. The zero-order chi connectivity index (χ0) is 12.1. The van der Waals surface area contributed by atoms with Gasteiger partial charge in [0.1, 0.15) is 5.82 Å². The number of carbonyl (C=O) groups is 1. The molecule has 16 heavy (non-hydrogen) atoms. The van der Waals surface area contributed by atoms with Gasteiger partial charge in [-0.05, 0) is 39.8 Å². The van der Waals surface area contributed by atoms with Gasteiger partial charge in [-0.15, -0.1) is 0 Å². The van der Waals surface area contributed by atoms with E-state index in [0.717, 1.165) is 0 Å². The molecule has 0 saturated carbocycles. The van der Waals surface area contributed by atoms with Crippen LogP contribution in [0.15, 0.2) is 18.2 Å². The van der Waals surface area contributed by atoms with Crippen LogP contribution in [0.3, 0.4) is 0 Å². The van der Waals surface area contributed by atoms with Crippen LogP contribution in [0, 0.1) is 5.82 Å². The van der Waals surface area contributed by atoms with Crippen LogP contribution in [0.25, 0.3) is 0 Å². The first kappa shape index (κ1) is 11.1. The third-order valence-corrected chi connectivity index (χ3v) is 3.19. The van der Waals surface area contributed by atoms with E-state index in [-0.39, 0.29) is 17.8 Å². The molecule has 1 heterocycles. The largest absolute Gasteiger partial charge is 0.327 e. The van der Waals surface area contributed by atoms with Crippen molar-refractivity contribution in [2.75, 3.05) is 0 Å². The Bertz CT molecular complexity index is 451. The molecular formula is C13H16FNO. The van der Waals surface area contributed by atoms with Gasteiger partial charge in [-0.2, -0.15) is 0 Å². The van der Waals surface area contributed by atoms with E-state index < -0.39 is 5.54 Å². The Hall–Kier alpha value is -1.38. The number of nitrogens with zero attached hydrogens (tertiary/aromatic N) is 1. The second-order valence-electron chi connectivity index (χ2n) is 4.99. The Kier molecular flexibility index (Phi) is 2.30. The minimum atomic E-state index is -0.564. The standard InChI is InChI=1S/C13H16FNO/c1-8(2)15-12(16)9-6-5-7-10(14)11(9)13(15,3)4/h5-8H,1-4H3. The van der Waals surface area contributed by atoms with Crippen LogP contribution in [0.4, 0.5) is 4.39 Å². The molecule has 0 fully saturated rings. The van der Waals surface area contributed by atoms with E-state index >= 15 is 0 Å². The Balaban J connectivity index is 2.67. The van der Waals surface area contributed by atoms with Crippen molar-refractivity contribution in [2.24, 2.45) is 0 Å². The molecule has 0 atom stereocenters. The number of rotatable bonds is 1. The molecule has 1 amide bonds. The van der Waals surface area contributed by atoms with Gasteiger partial charge in [0, 0.05) is 17.2 Å². The van der Waals surface area contributed by atoms with Crippen LogP contribution in [-0.4, -0.2) is 16.8 Å². The molecule has 0 saturated heterocycles. The molecule has 0 unspecified atom stereocenters. The average Bonchev–Trinajstić information content (AvgIpc) is 2.35. The predicted molar refractivity (Wildman–Crippen MR) is 60.7 cm³/mol. The average molecular weight is 221 g/mol. The van der Waals surface area contributed by atoms with Crippen molar-refractivity contribution in [2.45, 2.75) is 39.3 Å². The second kappa shape index (κ2) is 3.30. The molecule has 0 radical (unpaired) electrons. The van der Waals surface area contributed by atoms with Gasteiger partial charge in [0.05, 0.1) is 5.54 Å².